The summed E-state index contributed by atoms with van der Waals surface area (Å²) >= 11 is 15.3. The number of likely N-dealkylation sites (tertiary alicyclic amines) is 2. The molecular formula is C58H72Cl2F2N6O9S2. The highest BCUT2D eigenvalue weighted by atomic mass is 35.5. The third-order valence-corrected chi connectivity index (χ3v) is 17.6. The lowest BCUT2D eigenvalue weighted by atomic mass is 9.99. The molecule has 2 aromatic heterocycles. The van der Waals surface area contributed by atoms with E-state index in [2.05, 4.69) is 49.2 Å². The molecule has 4 saturated heterocycles. The number of thiophene rings is 2. The van der Waals surface area contributed by atoms with Crippen LogP contribution in [0.1, 0.15) is 76.7 Å². The van der Waals surface area contributed by atoms with Crippen LogP contribution in [0.4, 0.5) is 20.2 Å². The maximum absolute atomic E-state index is 14.7. The third-order valence-electron chi connectivity index (χ3n) is 15.1. The maximum atomic E-state index is 14.7. The fourth-order valence-corrected chi connectivity index (χ4v) is 13.4. The SMILES string of the molecule is C.C.N[C@H](CN1CCCC1)[C@H](O)c1cc(F)c2c(c1)OCCO2.O=C(N[C@H](CN1CCCC1)[C@H](O)c1cc(F)c2c(c1)OCCO2)[C@@H]1CCN(c2ccc3cc(Cl)sc3c2)C1.O=C(O)[C@@H]1CCN(c2ccc3cc(Cl)sc3c2)C1. The van der Waals surface area contributed by atoms with Crippen LogP contribution in [0.5, 0.6) is 23.0 Å². The highest BCUT2D eigenvalue weighted by Gasteiger charge is 2.35. The fourth-order valence-electron chi connectivity index (χ4n) is 11.0. The molecule has 4 fully saturated rings. The summed E-state index contributed by atoms with van der Waals surface area (Å²) in [7, 11) is 0. The molecule has 6 aromatic rings. The zero-order valence-corrected chi connectivity index (χ0v) is 45.7. The molecule has 21 heteroatoms. The summed E-state index contributed by atoms with van der Waals surface area (Å²) in [4.78, 5) is 33.2. The predicted octanol–water partition coefficient (Wildman–Crippen LogP) is 10.4. The van der Waals surface area contributed by atoms with Crippen molar-refractivity contribution in [2.75, 3.05) is 102 Å². The molecule has 0 radical (unpaired) electrons. The molecule has 4 aromatic carbocycles. The number of aliphatic hydroxyl groups is 2. The molecule has 6 aliphatic heterocycles. The first-order chi connectivity index (χ1) is 37.2. The van der Waals surface area contributed by atoms with Crippen molar-refractivity contribution in [2.45, 2.75) is 77.7 Å². The third kappa shape index (κ3) is 14.5. The van der Waals surface area contributed by atoms with Gasteiger partial charge in [0.05, 0.1) is 32.7 Å². The Labute approximate surface area is 478 Å². The van der Waals surface area contributed by atoms with Gasteiger partial charge in [-0.1, -0.05) is 50.2 Å². The molecule has 0 unspecified atom stereocenters. The van der Waals surface area contributed by atoms with E-state index in [0.29, 0.717) is 62.9 Å². The zero-order valence-electron chi connectivity index (χ0n) is 42.5. The molecule has 0 saturated carbocycles. The van der Waals surface area contributed by atoms with Crippen LogP contribution in [0.15, 0.2) is 72.8 Å². The summed E-state index contributed by atoms with van der Waals surface area (Å²) < 4.78 is 54.1. The van der Waals surface area contributed by atoms with Crippen molar-refractivity contribution in [1.82, 2.24) is 15.1 Å². The van der Waals surface area contributed by atoms with Crippen molar-refractivity contribution >= 4 is 89.3 Å². The number of carboxylic acid groups (broad SMARTS) is 1. The van der Waals surface area contributed by atoms with Gasteiger partial charge in [-0.3, -0.25) is 9.59 Å². The molecule has 15 nitrogen and oxygen atoms in total. The number of fused-ring (bicyclic) bond motifs is 4. The second kappa shape index (κ2) is 27.0. The first kappa shape index (κ1) is 59.9. The summed E-state index contributed by atoms with van der Waals surface area (Å²) in [6.07, 6.45) is 3.95. The Hall–Kier alpha value is -5.22. The van der Waals surface area contributed by atoms with Gasteiger partial charge in [0.1, 0.15) is 32.5 Å². The lowest BCUT2D eigenvalue weighted by Gasteiger charge is -2.30. The summed E-state index contributed by atoms with van der Waals surface area (Å²) in [5.74, 6) is -1.52. The van der Waals surface area contributed by atoms with Crippen LogP contribution < -0.4 is 39.8 Å². The Morgan fingerprint density at radius 3 is 1.58 bits per heavy atom. The largest absolute Gasteiger partial charge is 0.486 e. The number of amides is 1. The molecule has 79 heavy (non-hydrogen) atoms. The Balaban J connectivity index is 0.000000169. The topological polar surface area (TPSA) is 183 Å². The van der Waals surface area contributed by atoms with Crippen LogP contribution in [-0.4, -0.2) is 141 Å². The molecule has 6 aliphatic rings. The van der Waals surface area contributed by atoms with E-state index < -0.39 is 41.9 Å². The number of hydrogen-bond donors (Lipinski definition) is 5. The van der Waals surface area contributed by atoms with Gasteiger partial charge < -0.3 is 64.9 Å². The van der Waals surface area contributed by atoms with Gasteiger partial charge in [0.15, 0.2) is 34.6 Å². The minimum absolute atomic E-state index is 0. The number of nitrogens with zero attached hydrogens (tertiary/aromatic N) is 4. The summed E-state index contributed by atoms with van der Waals surface area (Å²) in [5, 5.41) is 36.1. The van der Waals surface area contributed by atoms with Gasteiger partial charge in [-0.15, -0.1) is 22.7 Å². The Morgan fingerprint density at radius 2 is 1.09 bits per heavy atom. The number of nitrogens with one attached hydrogen (secondary N) is 1. The zero-order chi connectivity index (χ0) is 53.7. The number of carboxylic acids is 1. The minimum Gasteiger partial charge on any atom is -0.486 e. The van der Waals surface area contributed by atoms with Crippen LogP contribution in [0.2, 0.25) is 8.67 Å². The number of ether oxygens (including phenoxy) is 4. The minimum atomic E-state index is -1.09. The van der Waals surface area contributed by atoms with Crippen LogP contribution in [0.3, 0.4) is 0 Å². The molecule has 0 aliphatic carbocycles. The smallest absolute Gasteiger partial charge is 0.308 e. The number of hydrogen-bond acceptors (Lipinski definition) is 15. The van der Waals surface area contributed by atoms with E-state index in [-0.39, 0.29) is 56.5 Å². The number of aliphatic carboxylic acids is 1. The molecule has 6 atom stereocenters. The highest BCUT2D eigenvalue weighted by Crippen LogP contribution is 2.40. The van der Waals surface area contributed by atoms with Crippen LogP contribution in [0.25, 0.3) is 20.2 Å². The maximum Gasteiger partial charge on any atom is 0.308 e. The van der Waals surface area contributed by atoms with Crippen LogP contribution in [0, 0.1) is 23.5 Å². The van der Waals surface area contributed by atoms with E-state index in [1.54, 1.807) is 34.8 Å². The van der Waals surface area contributed by atoms with Gasteiger partial charge in [-0.05, 0) is 147 Å². The van der Waals surface area contributed by atoms with Crippen molar-refractivity contribution < 1.29 is 52.6 Å². The molecule has 8 heterocycles. The molecule has 0 bridgehead atoms. The summed E-state index contributed by atoms with van der Waals surface area (Å²) in [6, 6.07) is 21.1. The average molecular weight is 1170 g/mol. The van der Waals surface area contributed by atoms with Crippen molar-refractivity contribution in [2.24, 2.45) is 17.6 Å². The lowest BCUT2D eigenvalue weighted by molar-refractivity contribution is -0.141. The van der Waals surface area contributed by atoms with Crippen molar-refractivity contribution in [3.63, 3.8) is 0 Å². The number of nitrogens with two attached hydrogens (primary N) is 1. The molecule has 428 valence electrons. The van der Waals surface area contributed by atoms with Crippen molar-refractivity contribution in [1.29, 1.82) is 0 Å². The monoisotopic (exact) mass is 1170 g/mol. The molecule has 6 N–H and O–H groups in total. The van der Waals surface area contributed by atoms with E-state index >= 15 is 0 Å². The first-order valence-electron chi connectivity index (χ1n) is 26.4. The molecule has 12 rings (SSSR count). The van der Waals surface area contributed by atoms with E-state index in [9.17, 15) is 28.6 Å². The normalized spacial score (nSPS) is 20.3. The van der Waals surface area contributed by atoms with E-state index in [1.807, 2.05) is 24.3 Å². The Morgan fingerprint density at radius 1 is 0.633 bits per heavy atom. The fraction of sp³-hybridized carbons (Fsp3) is 0.483. The Kier molecular flexibility index (Phi) is 20.5. The first-order valence-corrected chi connectivity index (χ1v) is 28.8. The summed E-state index contributed by atoms with van der Waals surface area (Å²) in [6.45, 7) is 9.06. The lowest BCUT2D eigenvalue weighted by Crippen LogP contribution is -2.48. The number of carbonyl (C=O) groups excluding carboxylic acids is 1. The second-order valence-electron chi connectivity index (χ2n) is 20.5. The van der Waals surface area contributed by atoms with E-state index in [0.717, 1.165) is 105 Å². The van der Waals surface area contributed by atoms with Crippen LogP contribution in [-0.2, 0) is 9.59 Å². The second-order valence-corrected chi connectivity index (χ2v) is 23.9. The van der Waals surface area contributed by atoms with Gasteiger partial charge >= 0.3 is 5.97 Å². The number of aliphatic hydroxyl groups excluding tert-OH is 2. The van der Waals surface area contributed by atoms with E-state index in [1.165, 1.54) is 25.0 Å². The average Bonchev–Trinajstić information content (AvgIpc) is 4.34. The van der Waals surface area contributed by atoms with Gasteiger partial charge in [-0.25, -0.2) is 8.78 Å². The van der Waals surface area contributed by atoms with E-state index in [4.69, 9.17) is 53.0 Å². The van der Waals surface area contributed by atoms with Crippen molar-refractivity contribution in [3.8, 4) is 23.0 Å². The highest BCUT2D eigenvalue weighted by molar-refractivity contribution is 7.23. The standard InChI is InChI=1S/C28H31ClFN3O4S.C15H21FN2O3.C13H12ClNO2S.2CH4/c29-25-13-17-3-4-20(14-24(17)38-25)33-8-5-18(15-33)28(35)31-22(16-32-6-1-2-7-32)26(34)19-11-21(30)27-23(12-19)36-9-10-37-27;16-11-7-10(8-13-15(11)21-6-5-20-13)14(19)12(17)9-18-3-1-2-4-18;14-12-5-8-1-2-10(6-11(8)18-12)15-4-3-9(7-15)13(16)17;;/h3-4,11-14,18,22,26,34H,1-2,5-10,15-16H2,(H,31,35);7-8,12,14,19H,1-6,9,17H2;1-2,5-6,9H,3-4,7H2,(H,16,17);2*1H4/t18-,22-,26-;12-,14-;9-;;/m111../s1. The van der Waals surface area contributed by atoms with Crippen LogP contribution >= 0.6 is 45.9 Å². The number of halogens is 4. The predicted molar refractivity (Wildman–Crippen MR) is 311 cm³/mol. The van der Waals surface area contributed by atoms with Crippen molar-refractivity contribution in [3.05, 3.63) is 104 Å². The van der Waals surface area contributed by atoms with Gasteiger partial charge in [0.2, 0.25) is 5.91 Å². The number of carbonyl (C=O) groups is 2. The molecular weight excluding hydrogens is 1100 g/mol. The molecule has 1 amide bonds. The van der Waals surface area contributed by atoms with Gasteiger partial charge in [0.25, 0.3) is 0 Å². The number of rotatable bonds is 13. The van der Waals surface area contributed by atoms with Gasteiger partial charge in [0, 0.05) is 66.1 Å². The molecule has 0 spiro atoms. The number of benzene rings is 4. The quantitative estimate of drug-likeness (QED) is 0.0736. The Bertz CT molecular complexity index is 3050. The number of anilines is 2. The van der Waals surface area contributed by atoms with Gasteiger partial charge in [-0.2, -0.15) is 0 Å². The summed E-state index contributed by atoms with van der Waals surface area (Å²) in [5.41, 5.74) is 9.03.